The van der Waals surface area contributed by atoms with Gasteiger partial charge in [-0.25, -0.2) is 9.98 Å². The highest BCUT2D eigenvalue weighted by Crippen LogP contribution is 2.25. The average molecular weight is 413 g/mol. The molecule has 0 saturated carbocycles. The molecule has 2 aromatic carbocycles. The molecular formula is C25H23N3O3. The van der Waals surface area contributed by atoms with Crippen LogP contribution in [0.2, 0.25) is 0 Å². The first-order valence-corrected chi connectivity index (χ1v) is 9.93. The highest BCUT2D eigenvalue weighted by molar-refractivity contribution is 6.02. The molecule has 0 radical (unpaired) electrons. The number of benzene rings is 2. The van der Waals surface area contributed by atoms with Gasteiger partial charge in [-0.15, -0.1) is 0 Å². The minimum atomic E-state index is -0.258. The van der Waals surface area contributed by atoms with Crippen LogP contribution in [0.4, 0.5) is 5.82 Å². The van der Waals surface area contributed by atoms with Gasteiger partial charge in [-0.05, 0) is 49.2 Å². The predicted molar refractivity (Wildman–Crippen MR) is 123 cm³/mol. The van der Waals surface area contributed by atoms with Crippen LogP contribution in [-0.4, -0.2) is 28.0 Å². The summed E-state index contributed by atoms with van der Waals surface area (Å²) in [5.74, 6) is 1.18. The number of rotatable bonds is 5. The van der Waals surface area contributed by atoms with Crippen molar-refractivity contribution in [3.05, 3.63) is 93.4 Å². The molecule has 6 heteroatoms. The van der Waals surface area contributed by atoms with E-state index >= 15 is 0 Å². The van der Waals surface area contributed by atoms with E-state index in [9.17, 15) is 9.90 Å². The average Bonchev–Trinajstić information content (AvgIpc) is 2.79. The molecule has 0 fully saturated rings. The lowest BCUT2D eigenvalue weighted by Crippen LogP contribution is -2.22. The first kappa shape index (κ1) is 20.3. The zero-order valence-electron chi connectivity index (χ0n) is 17.7. The normalized spacial score (nSPS) is 11.3. The topological polar surface area (TPSA) is 76.7 Å². The second-order valence-corrected chi connectivity index (χ2v) is 7.37. The maximum atomic E-state index is 13.1. The molecular weight excluding hydrogens is 390 g/mol. The van der Waals surface area contributed by atoms with Gasteiger partial charge in [0.05, 0.1) is 19.2 Å². The summed E-state index contributed by atoms with van der Waals surface area (Å²) in [6.45, 7) is 4.06. The second-order valence-electron chi connectivity index (χ2n) is 7.37. The van der Waals surface area contributed by atoms with Crippen LogP contribution >= 0.6 is 0 Å². The molecule has 0 unspecified atom stereocenters. The Morgan fingerprint density at radius 1 is 1.03 bits per heavy atom. The van der Waals surface area contributed by atoms with Crippen LogP contribution in [0.5, 0.6) is 11.6 Å². The smallest absolute Gasteiger partial charge is 0.261 e. The van der Waals surface area contributed by atoms with Crippen molar-refractivity contribution in [1.82, 2.24) is 9.55 Å². The molecule has 0 aliphatic heterocycles. The van der Waals surface area contributed by atoms with Crippen LogP contribution in [0, 0.1) is 13.8 Å². The van der Waals surface area contributed by atoms with Gasteiger partial charge in [0.15, 0.2) is 5.82 Å². The fourth-order valence-electron chi connectivity index (χ4n) is 3.47. The molecule has 6 nitrogen and oxygen atoms in total. The number of hydrogen-bond acceptors (Lipinski definition) is 5. The van der Waals surface area contributed by atoms with Crippen molar-refractivity contribution >= 4 is 22.8 Å². The summed E-state index contributed by atoms with van der Waals surface area (Å²) in [5.41, 5.74) is 2.87. The van der Waals surface area contributed by atoms with Crippen LogP contribution in [0.1, 0.15) is 22.4 Å². The zero-order valence-corrected chi connectivity index (χ0v) is 17.7. The number of fused-ring (bicyclic) bond motifs is 1. The van der Waals surface area contributed by atoms with Crippen molar-refractivity contribution in [1.29, 1.82) is 0 Å². The Hall–Kier alpha value is -3.93. The SMILES string of the molecule is COc1ccc(Cn2c(O)c(C=Nc3nc(C)ccc3C)c3ccccc3c2=O)cc1. The number of aliphatic imine (C=N–C) groups is 1. The van der Waals surface area contributed by atoms with E-state index in [1.165, 1.54) is 4.57 Å². The molecule has 2 aromatic heterocycles. The number of nitrogens with zero attached hydrogens (tertiary/aromatic N) is 3. The molecule has 0 bridgehead atoms. The summed E-state index contributed by atoms with van der Waals surface area (Å²) in [6, 6.07) is 18.5. The van der Waals surface area contributed by atoms with Crippen LogP contribution < -0.4 is 10.3 Å². The van der Waals surface area contributed by atoms with Gasteiger partial charge in [-0.2, -0.15) is 0 Å². The van der Waals surface area contributed by atoms with Crippen LogP contribution in [0.3, 0.4) is 0 Å². The molecule has 4 rings (SSSR count). The lowest BCUT2D eigenvalue weighted by Gasteiger charge is -2.14. The van der Waals surface area contributed by atoms with Crippen molar-refractivity contribution in [3.63, 3.8) is 0 Å². The lowest BCUT2D eigenvalue weighted by molar-refractivity contribution is 0.412. The van der Waals surface area contributed by atoms with Gasteiger partial charge >= 0.3 is 0 Å². The van der Waals surface area contributed by atoms with Gasteiger partial charge < -0.3 is 9.84 Å². The van der Waals surface area contributed by atoms with E-state index in [2.05, 4.69) is 9.98 Å². The molecule has 156 valence electrons. The third-order valence-electron chi connectivity index (χ3n) is 5.21. The number of methoxy groups -OCH3 is 1. The van der Waals surface area contributed by atoms with Gasteiger partial charge in [0.2, 0.25) is 5.88 Å². The lowest BCUT2D eigenvalue weighted by atomic mass is 10.1. The Morgan fingerprint density at radius 3 is 2.45 bits per heavy atom. The number of aromatic nitrogens is 2. The monoisotopic (exact) mass is 413 g/mol. The molecule has 31 heavy (non-hydrogen) atoms. The molecule has 0 amide bonds. The predicted octanol–water partition coefficient (Wildman–Crippen LogP) is 4.53. The minimum absolute atomic E-state index is 0.131. The minimum Gasteiger partial charge on any atom is -0.497 e. The number of aryl methyl sites for hydroxylation is 2. The van der Waals surface area contributed by atoms with Crippen molar-refractivity contribution in [2.75, 3.05) is 7.11 Å². The zero-order chi connectivity index (χ0) is 22.0. The largest absolute Gasteiger partial charge is 0.497 e. The fourth-order valence-corrected chi connectivity index (χ4v) is 3.47. The fraction of sp³-hybridized carbons (Fsp3) is 0.160. The summed E-state index contributed by atoms with van der Waals surface area (Å²) in [4.78, 5) is 22.1. The molecule has 2 heterocycles. The van der Waals surface area contributed by atoms with E-state index < -0.39 is 0 Å². The Balaban J connectivity index is 1.85. The Labute approximate surface area is 180 Å². The molecule has 0 atom stereocenters. The van der Waals surface area contributed by atoms with E-state index in [-0.39, 0.29) is 18.0 Å². The Bertz CT molecular complexity index is 1340. The quantitative estimate of drug-likeness (QED) is 0.488. The maximum Gasteiger partial charge on any atom is 0.261 e. The van der Waals surface area contributed by atoms with Gasteiger partial charge in [-0.1, -0.05) is 36.4 Å². The van der Waals surface area contributed by atoms with E-state index in [1.807, 2.05) is 68.4 Å². The molecule has 1 N–H and O–H groups in total. The van der Waals surface area contributed by atoms with Crippen LogP contribution in [-0.2, 0) is 6.54 Å². The second kappa shape index (κ2) is 8.44. The molecule has 0 aliphatic rings. The summed E-state index contributed by atoms with van der Waals surface area (Å²) < 4.78 is 6.56. The third-order valence-corrected chi connectivity index (χ3v) is 5.21. The highest BCUT2D eigenvalue weighted by Gasteiger charge is 2.15. The maximum absolute atomic E-state index is 13.1. The molecule has 0 saturated heterocycles. The first-order valence-electron chi connectivity index (χ1n) is 9.93. The molecule has 0 spiro atoms. The highest BCUT2D eigenvalue weighted by atomic mass is 16.5. The van der Waals surface area contributed by atoms with E-state index in [0.717, 1.165) is 22.6 Å². The Kier molecular flexibility index (Phi) is 5.54. The number of ether oxygens (including phenoxy) is 1. The van der Waals surface area contributed by atoms with E-state index in [1.54, 1.807) is 19.4 Å². The summed E-state index contributed by atoms with van der Waals surface area (Å²) in [7, 11) is 1.60. The van der Waals surface area contributed by atoms with E-state index in [4.69, 9.17) is 4.74 Å². The summed E-state index contributed by atoms with van der Waals surface area (Å²) >= 11 is 0. The molecule has 4 aromatic rings. The van der Waals surface area contributed by atoms with Gasteiger partial charge in [0, 0.05) is 22.7 Å². The van der Waals surface area contributed by atoms with Gasteiger partial charge in [0.1, 0.15) is 5.75 Å². The number of pyridine rings is 2. The van der Waals surface area contributed by atoms with Crippen molar-refractivity contribution in [2.24, 2.45) is 4.99 Å². The van der Waals surface area contributed by atoms with E-state index in [0.29, 0.717) is 22.2 Å². The van der Waals surface area contributed by atoms with Gasteiger partial charge in [0.25, 0.3) is 5.56 Å². The van der Waals surface area contributed by atoms with Gasteiger partial charge in [-0.3, -0.25) is 9.36 Å². The van der Waals surface area contributed by atoms with Crippen molar-refractivity contribution in [3.8, 4) is 11.6 Å². The standard InChI is InChI=1S/C25H23N3O3/c1-16-8-9-17(2)27-23(16)26-14-22-20-6-4-5-7-21(20)24(29)28(25(22)30)15-18-10-12-19(31-3)13-11-18/h4-14,30H,15H2,1-3H3. The number of hydrogen-bond donors (Lipinski definition) is 1. The number of aromatic hydroxyl groups is 1. The summed E-state index contributed by atoms with van der Waals surface area (Å²) in [6.07, 6.45) is 1.58. The molecule has 0 aliphatic carbocycles. The Morgan fingerprint density at radius 2 is 1.74 bits per heavy atom. The first-order chi connectivity index (χ1) is 15.0. The van der Waals surface area contributed by atoms with Crippen molar-refractivity contribution in [2.45, 2.75) is 20.4 Å². The third kappa shape index (κ3) is 4.05. The van der Waals surface area contributed by atoms with Crippen LogP contribution in [0.15, 0.2) is 70.5 Å². The van der Waals surface area contributed by atoms with Crippen LogP contribution in [0.25, 0.3) is 10.8 Å². The van der Waals surface area contributed by atoms with Crippen molar-refractivity contribution < 1.29 is 9.84 Å². The summed E-state index contributed by atoms with van der Waals surface area (Å²) in [5, 5.41) is 12.2.